The molecule has 2 aliphatic heterocycles. The predicted octanol–water partition coefficient (Wildman–Crippen LogP) is 2.19. The molecule has 1 saturated heterocycles. The van der Waals surface area contributed by atoms with Crippen molar-refractivity contribution in [3.8, 4) is 5.75 Å². The number of anilines is 1. The highest BCUT2D eigenvalue weighted by atomic mass is 32.2. The van der Waals surface area contributed by atoms with E-state index in [2.05, 4.69) is 4.74 Å². The van der Waals surface area contributed by atoms with Gasteiger partial charge in [-0.3, -0.25) is 0 Å². The summed E-state index contributed by atoms with van der Waals surface area (Å²) in [6, 6.07) is 3.66. The molecule has 1 aromatic rings. The molecule has 9 heteroatoms. The van der Waals surface area contributed by atoms with E-state index >= 15 is 0 Å². The van der Waals surface area contributed by atoms with Crippen molar-refractivity contribution in [2.24, 2.45) is 0 Å². The molecule has 2 heterocycles. The van der Waals surface area contributed by atoms with E-state index in [0.717, 1.165) is 16.6 Å². The Bertz CT molecular complexity index is 674. The highest BCUT2D eigenvalue weighted by molar-refractivity contribution is 7.92. The number of halogens is 3. The van der Waals surface area contributed by atoms with Gasteiger partial charge in [-0.05, 0) is 30.2 Å². The fraction of sp³-hybridized carbons (Fsp3) is 0.500. The molecule has 2 atom stereocenters. The summed E-state index contributed by atoms with van der Waals surface area (Å²) in [7, 11) is -3.57. The van der Waals surface area contributed by atoms with Crippen LogP contribution >= 0.6 is 0 Å². The minimum absolute atomic E-state index is 0.272. The Morgan fingerprint density at radius 1 is 1.38 bits per heavy atom. The second kappa shape index (κ2) is 4.51. The zero-order valence-electron chi connectivity index (χ0n) is 10.9. The smallest absolute Gasteiger partial charge is 0.406 e. The molecule has 0 spiro atoms. The van der Waals surface area contributed by atoms with E-state index in [9.17, 15) is 21.6 Å². The number of rotatable bonds is 2. The maximum atomic E-state index is 12.3. The molecule has 2 aliphatic rings. The van der Waals surface area contributed by atoms with Crippen LogP contribution in [0.4, 0.5) is 18.9 Å². The van der Waals surface area contributed by atoms with Gasteiger partial charge in [0.15, 0.2) is 6.23 Å². The Kier molecular flexibility index (Phi) is 3.10. The van der Waals surface area contributed by atoms with Crippen LogP contribution in [0.25, 0.3) is 0 Å². The van der Waals surface area contributed by atoms with Crippen LogP contribution in [-0.2, 0) is 14.8 Å². The lowest BCUT2D eigenvalue weighted by Gasteiger charge is -2.23. The summed E-state index contributed by atoms with van der Waals surface area (Å²) in [5.41, 5.74) is 0.853. The molecule has 1 fully saturated rings. The molecule has 3 rings (SSSR count). The second-order valence-corrected chi connectivity index (χ2v) is 6.84. The van der Waals surface area contributed by atoms with Crippen molar-refractivity contribution in [3.05, 3.63) is 23.8 Å². The standard InChI is InChI=1S/C12H12F3NO4S/c1-21(17,18)16-10-3-2-7(20-12(13,14)15)6-9(10)8-4-5-19-11(8)16/h2-3,6,8,11H,4-5H2,1H3/t8-,11-/m0/s1. The van der Waals surface area contributed by atoms with Gasteiger partial charge in [-0.2, -0.15) is 0 Å². The van der Waals surface area contributed by atoms with Crippen LogP contribution in [0.2, 0.25) is 0 Å². The Morgan fingerprint density at radius 3 is 2.71 bits per heavy atom. The van der Waals surface area contributed by atoms with E-state index in [1.807, 2.05) is 0 Å². The zero-order chi connectivity index (χ0) is 15.4. The van der Waals surface area contributed by atoms with Gasteiger partial charge in [0.2, 0.25) is 10.0 Å². The Labute approximate surface area is 119 Å². The third-order valence-electron chi connectivity index (χ3n) is 3.52. The number of hydrogen-bond acceptors (Lipinski definition) is 4. The molecule has 1 aromatic carbocycles. The minimum atomic E-state index is -4.78. The van der Waals surface area contributed by atoms with E-state index in [4.69, 9.17) is 4.74 Å². The number of sulfonamides is 1. The van der Waals surface area contributed by atoms with Gasteiger partial charge in [0.05, 0.1) is 18.6 Å². The minimum Gasteiger partial charge on any atom is -0.406 e. The quantitative estimate of drug-likeness (QED) is 0.837. The largest absolute Gasteiger partial charge is 0.573 e. The summed E-state index contributed by atoms with van der Waals surface area (Å²) in [5, 5.41) is 0. The molecule has 0 aliphatic carbocycles. The van der Waals surface area contributed by atoms with Crippen LogP contribution in [-0.4, -0.2) is 33.9 Å². The number of hydrogen-bond donors (Lipinski definition) is 0. The lowest BCUT2D eigenvalue weighted by Crippen LogP contribution is -2.37. The van der Waals surface area contributed by atoms with Crippen molar-refractivity contribution in [3.63, 3.8) is 0 Å². The maximum absolute atomic E-state index is 12.3. The van der Waals surface area contributed by atoms with Gasteiger partial charge in [0, 0.05) is 5.92 Å². The first kappa shape index (κ1) is 14.5. The van der Waals surface area contributed by atoms with E-state index < -0.39 is 22.6 Å². The molecule has 0 saturated carbocycles. The van der Waals surface area contributed by atoms with Crippen molar-refractivity contribution < 1.29 is 31.1 Å². The topological polar surface area (TPSA) is 55.8 Å². The van der Waals surface area contributed by atoms with Crippen LogP contribution in [0, 0.1) is 0 Å². The van der Waals surface area contributed by atoms with Gasteiger partial charge >= 0.3 is 6.36 Å². The first-order valence-electron chi connectivity index (χ1n) is 6.17. The molecule has 0 aromatic heterocycles. The number of alkyl halides is 3. The SMILES string of the molecule is CS(=O)(=O)N1c2ccc(OC(F)(F)F)cc2[C@@H]2CCO[C@@H]21. The van der Waals surface area contributed by atoms with E-state index in [1.54, 1.807) is 0 Å². The van der Waals surface area contributed by atoms with Gasteiger partial charge < -0.3 is 9.47 Å². The van der Waals surface area contributed by atoms with Crippen molar-refractivity contribution in [2.45, 2.75) is 24.9 Å². The predicted molar refractivity (Wildman–Crippen MR) is 67.5 cm³/mol. The summed E-state index contributed by atoms with van der Waals surface area (Å²) >= 11 is 0. The zero-order valence-corrected chi connectivity index (χ0v) is 11.7. The van der Waals surface area contributed by atoms with Crippen LogP contribution < -0.4 is 9.04 Å². The van der Waals surface area contributed by atoms with Crippen molar-refractivity contribution >= 4 is 15.7 Å². The van der Waals surface area contributed by atoms with Crippen LogP contribution in [0.15, 0.2) is 18.2 Å². The van der Waals surface area contributed by atoms with Gasteiger partial charge in [-0.25, -0.2) is 12.7 Å². The Morgan fingerprint density at radius 2 is 2.10 bits per heavy atom. The molecular formula is C12H12F3NO4S. The van der Waals surface area contributed by atoms with E-state index in [-0.39, 0.29) is 11.7 Å². The lowest BCUT2D eigenvalue weighted by atomic mass is 9.98. The van der Waals surface area contributed by atoms with Crippen LogP contribution in [0.1, 0.15) is 17.9 Å². The van der Waals surface area contributed by atoms with Gasteiger partial charge in [0.25, 0.3) is 0 Å². The van der Waals surface area contributed by atoms with Crippen LogP contribution in [0.5, 0.6) is 5.75 Å². The average molecular weight is 323 g/mol. The number of nitrogens with zero attached hydrogens (tertiary/aromatic N) is 1. The monoisotopic (exact) mass is 323 g/mol. The van der Waals surface area contributed by atoms with Crippen molar-refractivity contribution in [1.82, 2.24) is 0 Å². The fourth-order valence-electron chi connectivity index (χ4n) is 2.85. The molecular weight excluding hydrogens is 311 g/mol. The van der Waals surface area contributed by atoms with Crippen molar-refractivity contribution in [1.29, 1.82) is 0 Å². The second-order valence-electron chi connectivity index (χ2n) is 4.98. The summed E-state index contributed by atoms with van der Waals surface area (Å²) in [6.45, 7) is 0.366. The van der Waals surface area contributed by atoms with Crippen LogP contribution in [0.3, 0.4) is 0 Å². The van der Waals surface area contributed by atoms with Gasteiger partial charge in [0.1, 0.15) is 5.75 Å². The van der Waals surface area contributed by atoms with Gasteiger partial charge in [-0.15, -0.1) is 13.2 Å². The first-order valence-corrected chi connectivity index (χ1v) is 8.02. The fourth-order valence-corrected chi connectivity index (χ4v) is 3.96. The highest BCUT2D eigenvalue weighted by Crippen LogP contribution is 2.48. The summed E-state index contributed by atoms with van der Waals surface area (Å²) < 4.78 is 71.0. The highest BCUT2D eigenvalue weighted by Gasteiger charge is 2.47. The third kappa shape index (κ3) is 2.55. The molecule has 0 unspecified atom stereocenters. The normalized spacial score (nSPS) is 24.9. The maximum Gasteiger partial charge on any atom is 0.573 e. The molecule has 5 nitrogen and oxygen atoms in total. The molecule has 0 radical (unpaired) electrons. The summed E-state index contributed by atoms with van der Waals surface area (Å²) in [6.07, 6.45) is -3.87. The molecule has 0 bridgehead atoms. The molecule has 116 valence electrons. The first-order chi connectivity index (χ1) is 9.67. The number of fused-ring (bicyclic) bond motifs is 3. The third-order valence-corrected chi connectivity index (χ3v) is 4.64. The number of benzene rings is 1. The summed E-state index contributed by atoms with van der Waals surface area (Å²) in [5.74, 6) is -0.631. The van der Waals surface area contributed by atoms with Gasteiger partial charge in [-0.1, -0.05) is 0 Å². The Balaban J connectivity index is 2.05. The lowest BCUT2D eigenvalue weighted by molar-refractivity contribution is -0.274. The van der Waals surface area contributed by atoms with Crippen molar-refractivity contribution in [2.75, 3.05) is 17.2 Å². The molecule has 0 amide bonds. The number of ether oxygens (including phenoxy) is 2. The Hall–Kier alpha value is -1.48. The van der Waals surface area contributed by atoms with E-state index in [0.29, 0.717) is 24.3 Å². The molecule has 0 N–H and O–H groups in total. The average Bonchev–Trinajstić information content (AvgIpc) is 2.84. The van der Waals surface area contributed by atoms with E-state index in [1.165, 1.54) is 12.1 Å². The molecule has 21 heavy (non-hydrogen) atoms. The summed E-state index contributed by atoms with van der Waals surface area (Å²) in [4.78, 5) is 0.